The molecule has 0 atom stereocenters. The molecule has 0 bridgehead atoms. The van der Waals surface area contributed by atoms with E-state index >= 15 is 0 Å². The average molecular weight is 181 g/mol. The number of aliphatic imine (C=N–C) groups is 1. The predicted molar refractivity (Wildman–Crippen MR) is 61.5 cm³/mol. The second-order valence-electron chi connectivity index (χ2n) is 3.67. The van der Waals surface area contributed by atoms with Gasteiger partial charge in [-0.2, -0.15) is 0 Å². The van der Waals surface area contributed by atoms with E-state index in [1.165, 1.54) is 42.5 Å². The van der Waals surface area contributed by atoms with Crippen molar-refractivity contribution >= 4 is 5.71 Å². The average Bonchev–Trinajstić information content (AvgIpc) is 2.15. The fourth-order valence-corrected chi connectivity index (χ4v) is 1.30. The molecule has 0 saturated heterocycles. The van der Waals surface area contributed by atoms with Gasteiger partial charge in [0, 0.05) is 12.8 Å². The zero-order valence-electron chi connectivity index (χ0n) is 9.78. The standard InChI is InChI=1S/C12H23N/c1-6-7-8-9-10(2)11(3)12(4)13-5/h6-9H2,1-5H3/b11-10+,13-12-. The van der Waals surface area contributed by atoms with Crippen molar-refractivity contribution in [1.82, 2.24) is 0 Å². The minimum absolute atomic E-state index is 1.17. The van der Waals surface area contributed by atoms with Crippen molar-refractivity contribution in [3.8, 4) is 0 Å². The van der Waals surface area contributed by atoms with E-state index in [2.05, 4.69) is 32.7 Å². The second-order valence-corrected chi connectivity index (χ2v) is 3.67. The molecule has 0 aliphatic rings. The van der Waals surface area contributed by atoms with Crippen molar-refractivity contribution in [2.24, 2.45) is 4.99 Å². The highest BCUT2D eigenvalue weighted by Gasteiger charge is 1.99. The minimum Gasteiger partial charge on any atom is -0.293 e. The van der Waals surface area contributed by atoms with Gasteiger partial charge < -0.3 is 0 Å². The molecule has 0 rings (SSSR count). The van der Waals surface area contributed by atoms with E-state index in [0.29, 0.717) is 0 Å². The number of allylic oxidation sites excluding steroid dienone is 2. The molecule has 0 aromatic heterocycles. The summed E-state index contributed by atoms with van der Waals surface area (Å²) in [4.78, 5) is 4.20. The van der Waals surface area contributed by atoms with Crippen molar-refractivity contribution in [1.29, 1.82) is 0 Å². The molecule has 13 heavy (non-hydrogen) atoms. The third-order valence-corrected chi connectivity index (χ3v) is 2.67. The highest BCUT2D eigenvalue weighted by atomic mass is 14.7. The lowest BCUT2D eigenvalue weighted by Crippen LogP contribution is -1.96. The van der Waals surface area contributed by atoms with Gasteiger partial charge in [-0.3, -0.25) is 4.99 Å². The molecule has 0 fully saturated rings. The van der Waals surface area contributed by atoms with Gasteiger partial charge in [-0.25, -0.2) is 0 Å². The van der Waals surface area contributed by atoms with Crippen molar-refractivity contribution in [3.05, 3.63) is 11.1 Å². The lowest BCUT2D eigenvalue weighted by molar-refractivity contribution is 0.711. The second kappa shape index (κ2) is 6.88. The summed E-state index contributed by atoms with van der Waals surface area (Å²) in [6, 6.07) is 0. The van der Waals surface area contributed by atoms with Gasteiger partial charge in [-0.05, 0) is 39.2 Å². The Bertz CT molecular complexity index is 199. The summed E-state index contributed by atoms with van der Waals surface area (Å²) in [5.41, 5.74) is 4.05. The molecule has 0 N–H and O–H groups in total. The van der Waals surface area contributed by atoms with E-state index in [-0.39, 0.29) is 0 Å². The first-order valence-corrected chi connectivity index (χ1v) is 5.23. The van der Waals surface area contributed by atoms with Crippen LogP contribution >= 0.6 is 0 Å². The zero-order chi connectivity index (χ0) is 10.3. The van der Waals surface area contributed by atoms with Crippen LogP contribution in [0.4, 0.5) is 0 Å². The number of rotatable bonds is 5. The summed E-state index contributed by atoms with van der Waals surface area (Å²) in [6.45, 7) is 8.71. The monoisotopic (exact) mass is 181 g/mol. The van der Waals surface area contributed by atoms with Crippen LogP contribution in [0.15, 0.2) is 16.1 Å². The van der Waals surface area contributed by atoms with Crippen LogP contribution in [0.25, 0.3) is 0 Å². The first-order chi connectivity index (χ1) is 6.13. The molecule has 1 heteroatoms. The van der Waals surface area contributed by atoms with Gasteiger partial charge in [0.05, 0.1) is 0 Å². The maximum absolute atomic E-state index is 4.20. The van der Waals surface area contributed by atoms with E-state index in [9.17, 15) is 0 Å². The lowest BCUT2D eigenvalue weighted by Gasteiger charge is -2.06. The molecule has 1 nitrogen and oxygen atoms in total. The molecule has 76 valence electrons. The van der Waals surface area contributed by atoms with Crippen molar-refractivity contribution < 1.29 is 0 Å². The number of hydrogen-bond acceptors (Lipinski definition) is 1. The Morgan fingerprint density at radius 2 is 1.69 bits per heavy atom. The third-order valence-electron chi connectivity index (χ3n) is 2.67. The Kier molecular flexibility index (Phi) is 6.56. The minimum atomic E-state index is 1.17. The molecule has 0 aromatic rings. The van der Waals surface area contributed by atoms with E-state index in [1.54, 1.807) is 0 Å². The molecular formula is C12H23N. The highest BCUT2D eigenvalue weighted by molar-refractivity contribution is 5.98. The molecule has 0 aliphatic carbocycles. The van der Waals surface area contributed by atoms with Gasteiger partial charge in [-0.15, -0.1) is 0 Å². The lowest BCUT2D eigenvalue weighted by atomic mass is 10.0. The summed E-state index contributed by atoms with van der Waals surface area (Å²) >= 11 is 0. The first kappa shape index (κ1) is 12.4. The fraction of sp³-hybridized carbons (Fsp3) is 0.750. The maximum atomic E-state index is 4.20. The van der Waals surface area contributed by atoms with Gasteiger partial charge in [0.25, 0.3) is 0 Å². The van der Waals surface area contributed by atoms with Gasteiger partial charge in [0.2, 0.25) is 0 Å². The molecule has 0 aromatic carbocycles. The summed E-state index contributed by atoms with van der Waals surface area (Å²) in [5, 5.41) is 0. The quantitative estimate of drug-likeness (QED) is 0.449. The zero-order valence-corrected chi connectivity index (χ0v) is 9.78. The van der Waals surface area contributed by atoms with E-state index in [0.717, 1.165) is 0 Å². The largest absolute Gasteiger partial charge is 0.293 e. The van der Waals surface area contributed by atoms with Crippen LogP contribution in [0.3, 0.4) is 0 Å². The van der Waals surface area contributed by atoms with Gasteiger partial charge in [-0.1, -0.05) is 25.3 Å². The highest BCUT2D eigenvalue weighted by Crippen LogP contribution is 2.13. The van der Waals surface area contributed by atoms with Gasteiger partial charge >= 0.3 is 0 Å². The van der Waals surface area contributed by atoms with Crippen LogP contribution < -0.4 is 0 Å². The summed E-state index contributed by atoms with van der Waals surface area (Å²) < 4.78 is 0. The first-order valence-electron chi connectivity index (χ1n) is 5.23. The van der Waals surface area contributed by atoms with Gasteiger partial charge in [0.1, 0.15) is 0 Å². The summed E-state index contributed by atoms with van der Waals surface area (Å²) in [5.74, 6) is 0. The predicted octanol–water partition coefficient (Wildman–Crippen LogP) is 3.99. The number of hydrogen-bond donors (Lipinski definition) is 0. The van der Waals surface area contributed by atoms with E-state index < -0.39 is 0 Å². The van der Waals surface area contributed by atoms with Gasteiger partial charge in [0.15, 0.2) is 0 Å². The normalized spacial score (nSPS) is 14.4. The molecular weight excluding hydrogens is 158 g/mol. The molecule has 0 aliphatic heterocycles. The Balaban J connectivity index is 4.11. The van der Waals surface area contributed by atoms with Crippen LogP contribution in [0.5, 0.6) is 0 Å². The maximum Gasteiger partial charge on any atom is 0.0342 e. The fourth-order valence-electron chi connectivity index (χ4n) is 1.30. The van der Waals surface area contributed by atoms with Crippen LogP contribution in [-0.4, -0.2) is 12.8 Å². The van der Waals surface area contributed by atoms with E-state index in [4.69, 9.17) is 0 Å². The smallest absolute Gasteiger partial charge is 0.0342 e. The Morgan fingerprint density at radius 3 is 2.15 bits per heavy atom. The van der Waals surface area contributed by atoms with Crippen LogP contribution in [0.1, 0.15) is 53.4 Å². The third kappa shape index (κ3) is 4.87. The number of nitrogens with zero attached hydrogens (tertiary/aromatic N) is 1. The summed E-state index contributed by atoms with van der Waals surface area (Å²) in [6.07, 6.45) is 5.18. The summed E-state index contributed by atoms with van der Waals surface area (Å²) in [7, 11) is 1.86. The van der Waals surface area contributed by atoms with Crippen molar-refractivity contribution in [2.75, 3.05) is 7.05 Å². The Hall–Kier alpha value is -0.590. The van der Waals surface area contributed by atoms with Crippen LogP contribution in [0, 0.1) is 0 Å². The number of unbranched alkanes of at least 4 members (excludes halogenated alkanes) is 2. The van der Waals surface area contributed by atoms with Crippen LogP contribution in [-0.2, 0) is 0 Å². The Labute approximate surface area is 83.0 Å². The molecule has 0 amide bonds. The SMILES string of the molecule is CCCCC/C(C)=C(C)/C(C)=N\C. The molecule has 0 radical (unpaired) electrons. The molecule has 0 unspecified atom stereocenters. The topological polar surface area (TPSA) is 12.4 Å². The molecule has 0 saturated carbocycles. The van der Waals surface area contributed by atoms with Crippen LogP contribution in [0.2, 0.25) is 0 Å². The molecule has 0 heterocycles. The molecule has 0 spiro atoms. The van der Waals surface area contributed by atoms with Crippen molar-refractivity contribution in [3.63, 3.8) is 0 Å². The Morgan fingerprint density at radius 1 is 1.08 bits per heavy atom. The van der Waals surface area contributed by atoms with Crippen molar-refractivity contribution in [2.45, 2.75) is 53.4 Å². The van der Waals surface area contributed by atoms with E-state index in [1.807, 2.05) is 7.05 Å².